The first-order valence-corrected chi connectivity index (χ1v) is 7.33. The van der Waals surface area contributed by atoms with Crippen molar-refractivity contribution in [1.82, 2.24) is 4.98 Å². The van der Waals surface area contributed by atoms with Crippen LogP contribution < -0.4 is 5.32 Å². The quantitative estimate of drug-likeness (QED) is 0.848. The smallest absolute Gasteiger partial charge is 0.211 e. The molecule has 1 N–H and O–H groups in total. The van der Waals surface area contributed by atoms with E-state index in [4.69, 9.17) is 0 Å². The van der Waals surface area contributed by atoms with E-state index >= 15 is 0 Å². The van der Waals surface area contributed by atoms with Gasteiger partial charge in [-0.05, 0) is 55.0 Å². The molecule has 106 valence electrons. The van der Waals surface area contributed by atoms with Crippen LogP contribution in [0.4, 0.5) is 5.69 Å². The Labute approximate surface area is 124 Å². The van der Waals surface area contributed by atoms with Crippen LogP contribution in [0.5, 0.6) is 0 Å². The van der Waals surface area contributed by atoms with E-state index in [0.717, 1.165) is 35.3 Å². The maximum Gasteiger partial charge on any atom is 0.211 e. The third kappa shape index (κ3) is 3.02. The summed E-state index contributed by atoms with van der Waals surface area (Å²) in [6.45, 7) is 0. The highest BCUT2D eigenvalue weighted by molar-refractivity contribution is 5.80. The highest BCUT2D eigenvalue weighted by Gasteiger charge is 2.12. The maximum absolute atomic E-state index is 10.5. The minimum atomic E-state index is 0.692. The molecule has 0 atom stereocenters. The summed E-state index contributed by atoms with van der Waals surface area (Å²) in [4.78, 5) is 15.1. The number of anilines is 1. The van der Waals surface area contributed by atoms with E-state index in [1.165, 1.54) is 18.4 Å². The topological polar surface area (TPSA) is 42.0 Å². The Morgan fingerprint density at radius 2 is 1.95 bits per heavy atom. The lowest BCUT2D eigenvalue weighted by atomic mass is 9.92. The molecule has 3 heteroatoms. The molecule has 1 amide bonds. The Hall–Kier alpha value is -2.42. The summed E-state index contributed by atoms with van der Waals surface area (Å²) < 4.78 is 0. The maximum atomic E-state index is 10.5. The monoisotopic (exact) mass is 278 g/mol. The number of benzene rings is 1. The first kappa shape index (κ1) is 13.6. The molecule has 1 aliphatic rings. The first-order chi connectivity index (χ1) is 10.4. The van der Waals surface area contributed by atoms with Crippen LogP contribution in [0.15, 0.2) is 48.7 Å². The largest absolute Gasteiger partial charge is 0.329 e. The van der Waals surface area contributed by atoms with Crippen molar-refractivity contribution in [3.05, 3.63) is 54.4 Å². The number of nitrogens with one attached hydrogen (secondary N) is 1. The van der Waals surface area contributed by atoms with Crippen LogP contribution in [0.25, 0.3) is 16.7 Å². The van der Waals surface area contributed by atoms with E-state index in [9.17, 15) is 4.79 Å². The van der Waals surface area contributed by atoms with Crippen molar-refractivity contribution in [3.8, 4) is 11.1 Å². The summed E-state index contributed by atoms with van der Waals surface area (Å²) in [5.74, 6) is 0. The molecule has 1 aromatic carbocycles. The van der Waals surface area contributed by atoms with E-state index in [2.05, 4.69) is 22.4 Å². The predicted octanol–water partition coefficient (Wildman–Crippen LogP) is 4.27. The van der Waals surface area contributed by atoms with E-state index in [-0.39, 0.29) is 0 Å². The minimum absolute atomic E-state index is 0.692. The number of allylic oxidation sites excluding steroid dienone is 2. The van der Waals surface area contributed by atoms with Gasteiger partial charge in [-0.2, -0.15) is 0 Å². The van der Waals surface area contributed by atoms with Gasteiger partial charge in [-0.1, -0.05) is 24.3 Å². The Morgan fingerprint density at radius 1 is 1.10 bits per heavy atom. The molecule has 1 aliphatic carbocycles. The number of amides is 1. The molecule has 1 heterocycles. The number of rotatable bonds is 4. The summed E-state index contributed by atoms with van der Waals surface area (Å²) in [7, 11) is 0. The SMILES string of the molecule is O=CNc1ccc(-c2cccnc2C2=CCCCC2)cc1. The lowest BCUT2D eigenvalue weighted by Gasteiger charge is -2.15. The highest BCUT2D eigenvalue weighted by atomic mass is 16.1. The standard InChI is InChI=1S/C18H18N2O/c21-13-20-16-10-8-14(9-11-16)17-7-4-12-19-18(17)15-5-2-1-3-6-15/h4-5,7-13H,1-3,6H2,(H,20,21). The van der Waals surface area contributed by atoms with Gasteiger partial charge in [0.15, 0.2) is 0 Å². The molecule has 1 aromatic heterocycles. The number of carbonyl (C=O) groups excluding carboxylic acids is 1. The molecule has 0 aliphatic heterocycles. The number of nitrogens with zero attached hydrogens (tertiary/aromatic N) is 1. The molecular weight excluding hydrogens is 260 g/mol. The molecule has 0 saturated heterocycles. The van der Waals surface area contributed by atoms with Crippen LogP contribution >= 0.6 is 0 Å². The fourth-order valence-electron chi connectivity index (χ4n) is 2.76. The molecule has 0 saturated carbocycles. The van der Waals surface area contributed by atoms with Crippen molar-refractivity contribution < 1.29 is 4.79 Å². The van der Waals surface area contributed by atoms with Gasteiger partial charge in [0.05, 0.1) is 5.69 Å². The van der Waals surface area contributed by atoms with Crippen molar-refractivity contribution in [1.29, 1.82) is 0 Å². The summed E-state index contributed by atoms with van der Waals surface area (Å²) in [6.07, 6.45) is 9.63. The van der Waals surface area contributed by atoms with E-state index in [1.807, 2.05) is 36.5 Å². The third-order valence-corrected chi connectivity index (χ3v) is 3.82. The average molecular weight is 278 g/mol. The van der Waals surface area contributed by atoms with Crippen LogP contribution in [-0.2, 0) is 4.79 Å². The molecule has 3 nitrogen and oxygen atoms in total. The molecule has 0 fully saturated rings. The number of hydrogen-bond donors (Lipinski definition) is 1. The molecule has 3 rings (SSSR count). The van der Waals surface area contributed by atoms with Gasteiger partial charge in [-0.15, -0.1) is 0 Å². The van der Waals surface area contributed by atoms with Gasteiger partial charge in [0.1, 0.15) is 0 Å². The summed E-state index contributed by atoms with van der Waals surface area (Å²) in [5, 5.41) is 2.66. The fourth-order valence-corrected chi connectivity index (χ4v) is 2.76. The molecule has 0 radical (unpaired) electrons. The number of hydrogen-bond acceptors (Lipinski definition) is 2. The Morgan fingerprint density at radius 3 is 2.67 bits per heavy atom. The van der Waals surface area contributed by atoms with Crippen molar-refractivity contribution in [2.24, 2.45) is 0 Å². The molecule has 2 aromatic rings. The molecule has 0 unspecified atom stereocenters. The minimum Gasteiger partial charge on any atom is -0.329 e. The van der Waals surface area contributed by atoms with Gasteiger partial charge in [0, 0.05) is 17.4 Å². The second-order valence-corrected chi connectivity index (χ2v) is 5.21. The highest BCUT2D eigenvalue weighted by Crippen LogP contribution is 2.32. The Bertz CT molecular complexity index is 659. The van der Waals surface area contributed by atoms with Crippen molar-refractivity contribution in [3.63, 3.8) is 0 Å². The molecule has 0 bridgehead atoms. The zero-order valence-corrected chi connectivity index (χ0v) is 11.9. The van der Waals surface area contributed by atoms with E-state index < -0.39 is 0 Å². The van der Waals surface area contributed by atoms with Crippen molar-refractivity contribution in [2.45, 2.75) is 25.7 Å². The van der Waals surface area contributed by atoms with Gasteiger partial charge < -0.3 is 5.32 Å². The zero-order chi connectivity index (χ0) is 14.5. The Kier molecular flexibility index (Phi) is 4.10. The van der Waals surface area contributed by atoms with Crippen LogP contribution in [0.1, 0.15) is 31.4 Å². The summed E-state index contributed by atoms with van der Waals surface area (Å²) in [6, 6.07) is 12.0. The number of carbonyl (C=O) groups is 1. The van der Waals surface area contributed by atoms with Gasteiger partial charge in [0.25, 0.3) is 0 Å². The van der Waals surface area contributed by atoms with Gasteiger partial charge in [-0.25, -0.2) is 0 Å². The summed E-state index contributed by atoms with van der Waals surface area (Å²) in [5.41, 5.74) is 5.53. The molecular formula is C18H18N2O. The lowest BCUT2D eigenvalue weighted by Crippen LogP contribution is -1.98. The van der Waals surface area contributed by atoms with Crippen LogP contribution in [-0.4, -0.2) is 11.4 Å². The van der Waals surface area contributed by atoms with E-state index in [1.54, 1.807) is 0 Å². The summed E-state index contributed by atoms with van der Waals surface area (Å²) >= 11 is 0. The third-order valence-electron chi connectivity index (χ3n) is 3.82. The van der Waals surface area contributed by atoms with Gasteiger partial charge in [0.2, 0.25) is 6.41 Å². The van der Waals surface area contributed by atoms with Crippen molar-refractivity contribution >= 4 is 17.7 Å². The van der Waals surface area contributed by atoms with Crippen LogP contribution in [0.3, 0.4) is 0 Å². The zero-order valence-electron chi connectivity index (χ0n) is 11.9. The molecule has 0 spiro atoms. The predicted molar refractivity (Wildman–Crippen MR) is 85.8 cm³/mol. The second-order valence-electron chi connectivity index (χ2n) is 5.21. The first-order valence-electron chi connectivity index (χ1n) is 7.33. The van der Waals surface area contributed by atoms with Crippen LogP contribution in [0.2, 0.25) is 0 Å². The lowest BCUT2D eigenvalue weighted by molar-refractivity contribution is -0.105. The molecule has 21 heavy (non-hydrogen) atoms. The normalized spacial score (nSPS) is 14.4. The number of aromatic nitrogens is 1. The van der Waals surface area contributed by atoms with Crippen molar-refractivity contribution in [2.75, 3.05) is 5.32 Å². The van der Waals surface area contributed by atoms with Crippen LogP contribution in [0, 0.1) is 0 Å². The van der Waals surface area contributed by atoms with E-state index in [0.29, 0.717) is 6.41 Å². The van der Waals surface area contributed by atoms with Gasteiger partial charge >= 0.3 is 0 Å². The Balaban J connectivity index is 1.98. The number of pyridine rings is 1. The average Bonchev–Trinajstić information content (AvgIpc) is 2.57. The second kappa shape index (κ2) is 6.35. The fraction of sp³-hybridized carbons (Fsp3) is 0.222. The van der Waals surface area contributed by atoms with Gasteiger partial charge in [-0.3, -0.25) is 9.78 Å².